The summed E-state index contributed by atoms with van der Waals surface area (Å²) in [5.74, 6) is 0. The molecule has 0 amide bonds. The molecule has 0 atom stereocenters. The van der Waals surface area contributed by atoms with E-state index in [0.717, 1.165) is 0 Å². The molecule has 4 aliphatic rings. The lowest BCUT2D eigenvalue weighted by Crippen LogP contribution is -2.69. The van der Waals surface area contributed by atoms with Crippen molar-refractivity contribution in [3.63, 3.8) is 0 Å². The van der Waals surface area contributed by atoms with E-state index in [2.05, 4.69) is 285 Å². The molecule has 83 heavy (non-hydrogen) atoms. The van der Waals surface area contributed by atoms with Crippen molar-refractivity contribution in [2.75, 3.05) is 0 Å². The first-order valence-electron chi connectivity index (χ1n) is 30.9. The van der Waals surface area contributed by atoms with Crippen LogP contribution in [0.5, 0.6) is 0 Å². The van der Waals surface area contributed by atoms with E-state index in [9.17, 15) is 0 Å². The monoisotopic (exact) mass is 1080 g/mol. The number of hydrogen-bond acceptors (Lipinski definition) is 0. The molecule has 5 heteroatoms. The Morgan fingerprint density at radius 1 is 0.265 bits per heavy atom. The fraction of sp³-hybridized carbons (Fsp3) is 0.308. The third kappa shape index (κ3) is 7.31. The van der Waals surface area contributed by atoms with Crippen LogP contribution in [0.25, 0.3) is 77.2 Å². The highest BCUT2D eigenvalue weighted by atomic mass is 15.0. The van der Waals surface area contributed by atoms with Gasteiger partial charge in [-0.1, -0.05) is 287 Å². The molecule has 0 N–H and O–H groups in total. The summed E-state index contributed by atoms with van der Waals surface area (Å²) in [7, 11) is 0. The molecular formula is C78H79B3N2. The molecule has 15 rings (SSSR count). The summed E-state index contributed by atoms with van der Waals surface area (Å²) in [5.41, 5.74) is 34.2. The van der Waals surface area contributed by atoms with E-state index in [-0.39, 0.29) is 52.6 Å². The van der Waals surface area contributed by atoms with Crippen LogP contribution >= 0.6 is 0 Å². The van der Waals surface area contributed by atoms with Crippen LogP contribution in [0.15, 0.2) is 152 Å². The molecule has 0 fully saturated rings. The molecule has 0 bridgehead atoms. The minimum Gasteiger partial charge on any atom is -0.311 e. The van der Waals surface area contributed by atoms with Crippen LogP contribution in [0.4, 0.5) is 0 Å². The summed E-state index contributed by atoms with van der Waals surface area (Å²) in [5, 5.41) is 5.68. The van der Waals surface area contributed by atoms with Gasteiger partial charge in [0.05, 0.1) is 0 Å². The predicted octanol–water partition coefficient (Wildman–Crippen LogP) is 13.8. The van der Waals surface area contributed by atoms with Crippen LogP contribution in [-0.4, -0.2) is 29.3 Å². The Morgan fingerprint density at radius 3 is 0.940 bits per heavy atom. The zero-order valence-corrected chi connectivity index (χ0v) is 52.6. The lowest BCUT2D eigenvalue weighted by molar-refractivity contribution is 0.590. The second kappa shape index (κ2) is 16.8. The van der Waals surface area contributed by atoms with Gasteiger partial charge in [-0.2, -0.15) is 0 Å². The highest BCUT2D eigenvalue weighted by Crippen LogP contribution is 2.48. The van der Waals surface area contributed by atoms with Gasteiger partial charge in [-0.3, -0.25) is 0 Å². The Labute approximate surface area is 495 Å². The first-order valence-corrected chi connectivity index (χ1v) is 30.9. The van der Waals surface area contributed by atoms with Gasteiger partial charge in [0, 0.05) is 55.0 Å². The van der Waals surface area contributed by atoms with Gasteiger partial charge < -0.3 is 9.13 Å². The molecule has 410 valence electrons. The van der Waals surface area contributed by atoms with Crippen molar-refractivity contribution in [3.05, 3.63) is 185 Å². The highest BCUT2D eigenvalue weighted by molar-refractivity contribution is 7.06. The molecule has 0 unspecified atom stereocenters. The first-order chi connectivity index (χ1) is 39.0. The van der Waals surface area contributed by atoms with Gasteiger partial charge in [-0.05, 0) is 126 Å². The van der Waals surface area contributed by atoms with Gasteiger partial charge in [-0.25, -0.2) is 0 Å². The molecule has 0 radical (unpaired) electrons. The van der Waals surface area contributed by atoms with Crippen LogP contribution < -0.4 is 49.2 Å². The Bertz CT molecular complexity index is 4620. The Balaban J connectivity index is 1.13. The maximum atomic E-state index is 2.84. The van der Waals surface area contributed by atoms with Crippen molar-refractivity contribution >= 4 is 113 Å². The van der Waals surface area contributed by atoms with Crippen LogP contribution in [0, 0.1) is 0 Å². The molecule has 0 aliphatic carbocycles. The maximum absolute atomic E-state index is 2.84. The number of hydrogen-bond donors (Lipinski definition) is 0. The Morgan fingerprint density at radius 2 is 0.566 bits per heavy atom. The number of aromatic nitrogens is 2. The van der Waals surface area contributed by atoms with E-state index in [1.54, 1.807) is 0 Å². The summed E-state index contributed by atoms with van der Waals surface area (Å²) in [4.78, 5) is 0. The minimum atomic E-state index is -0.134. The van der Waals surface area contributed by atoms with E-state index < -0.39 is 0 Å². The first kappa shape index (κ1) is 52.6. The molecule has 2 nitrogen and oxygen atoms in total. The highest BCUT2D eigenvalue weighted by Gasteiger charge is 2.51. The number of nitrogens with zero attached hydrogens (tertiary/aromatic N) is 2. The quantitative estimate of drug-likeness (QED) is 0.156. The van der Waals surface area contributed by atoms with Crippen molar-refractivity contribution < 1.29 is 0 Å². The second-order valence-corrected chi connectivity index (χ2v) is 31.7. The Kier molecular flexibility index (Phi) is 10.6. The maximum Gasteiger partial charge on any atom is 0.252 e. The van der Waals surface area contributed by atoms with Gasteiger partial charge in [0.2, 0.25) is 13.4 Å². The van der Waals surface area contributed by atoms with Crippen LogP contribution in [-0.2, 0) is 32.5 Å². The summed E-state index contributed by atoms with van der Waals surface area (Å²) < 4.78 is 5.67. The average molecular weight is 1080 g/mol. The third-order valence-electron chi connectivity index (χ3n) is 20.1. The van der Waals surface area contributed by atoms with Gasteiger partial charge in [-0.15, -0.1) is 0 Å². The van der Waals surface area contributed by atoms with Gasteiger partial charge in [0.25, 0.3) is 6.71 Å². The zero-order chi connectivity index (χ0) is 58.3. The van der Waals surface area contributed by atoms with Gasteiger partial charge in [0.15, 0.2) is 0 Å². The zero-order valence-electron chi connectivity index (χ0n) is 52.6. The number of benzene rings is 9. The van der Waals surface area contributed by atoms with Crippen LogP contribution in [0.2, 0.25) is 0 Å². The molecule has 11 aromatic rings. The lowest BCUT2D eigenvalue weighted by atomic mass is 9.27. The van der Waals surface area contributed by atoms with Crippen molar-refractivity contribution in [2.24, 2.45) is 0 Å². The van der Waals surface area contributed by atoms with E-state index in [1.165, 1.54) is 160 Å². The molecule has 2 aromatic heterocycles. The summed E-state index contributed by atoms with van der Waals surface area (Å²) >= 11 is 0. The summed E-state index contributed by atoms with van der Waals surface area (Å²) in [6.45, 7) is 42.7. The van der Waals surface area contributed by atoms with Gasteiger partial charge >= 0.3 is 0 Å². The number of rotatable bonds is 4. The lowest BCUT2D eigenvalue weighted by Gasteiger charge is -2.42. The second-order valence-electron chi connectivity index (χ2n) is 31.7. The average Bonchev–Trinajstić information content (AvgIpc) is 1.56. The SMILES string of the molecule is CC(C)(C)c1ccc(B2c3cc4c5c6c3-n3c7c2ccc(C(C)(C)C)c7c2c(C(C)(C)C)ccc(c23)B6c2ccc(C(C)(C)C)c3c6c(-c7ccc(C(C)(C)C)cc7)ccc(c6n-5c23)B4c2ccc(-c3ccc(C(C)(C)C)cc3)cc2)cc1. The smallest absolute Gasteiger partial charge is 0.252 e. The van der Waals surface area contributed by atoms with Crippen molar-refractivity contribution in [3.8, 4) is 33.6 Å². The summed E-state index contributed by atoms with van der Waals surface area (Å²) in [6.07, 6.45) is 0. The standard InChI is InChI=1S/C78H79B3N2/c1-73(2,3)47-25-19-44(20-26-47)45-23-31-50(32-24-45)79-56-39-35-52(46-21-27-48(28-22-46)74(4,5)6)62-63-53(76(10,11)12)37-41-58-69(63)82(67(56)62)71-60(79)43-61-72-66(71)81(58)59-42-38-55(78(16,17)18)65-64-54(77(13,14)15)36-40-57(68(64)83(72)70(59)65)80(61)51-33-29-49(30-34-51)75(7,8)9/h19-43H,1-18H3. The normalized spacial score (nSPS) is 14.6. The minimum absolute atomic E-state index is 0.000852. The van der Waals surface area contributed by atoms with Crippen molar-refractivity contribution in [1.82, 2.24) is 9.13 Å². The molecule has 4 aliphatic heterocycles. The molecular weight excluding hydrogens is 997 g/mol. The molecule has 0 spiro atoms. The van der Waals surface area contributed by atoms with Crippen molar-refractivity contribution in [1.29, 1.82) is 0 Å². The van der Waals surface area contributed by atoms with E-state index in [0.29, 0.717) is 0 Å². The Hall–Kier alpha value is -7.23. The van der Waals surface area contributed by atoms with Crippen LogP contribution in [0.1, 0.15) is 158 Å². The third-order valence-corrected chi connectivity index (χ3v) is 20.1. The van der Waals surface area contributed by atoms with E-state index in [1.807, 2.05) is 0 Å². The number of fused-ring (bicyclic) bond motifs is 4. The van der Waals surface area contributed by atoms with Crippen molar-refractivity contribution in [2.45, 2.75) is 157 Å². The van der Waals surface area contributed by atoms with E-state index in [4.69, 9.17) is 0 Å². The fourth-order valence-electron chi connectivity index (χ4n) is 16.0. The topological polar surface area (TPSA) is 9.86 Å². The molecule has 6 heterocycles. The fourth-order valence-corrected chi connectivity index (χ4v) is 16.0. The predicted molar refractivity (Wildman–Crippen MR) is 365 cm³/mol. The van der Waals surface area contributed by atoms with E-state index >= 15 is 0 Å². The molecule has 0 saturated heterocycles. The summed E-state index contributed by atoms with van der Waals surface area (Å²) in [6, 6.07) is 61.5. The van der Waals surface area contributed by atoms with Crippen LogP contribution in [0.3, 0.4) is 0 Å². The molecule has 9 aromatic carbocycles. The largest absolute Gasteiger partial charge is 0.311 e. The molecule has 0 saturated carbocycles. The van der Waals surface area contributed by atoms with Gasteiger partial charge in [0.1, 0.15) is 0 Å².